The lowest BCUT2D eigenvalue weighted by Gasteiger charge is -2.13. The van der Waals surface area contributed by atoms with Crippen LogP contribution in [0, 0.1) is 0 Å². The molecule has 17 heavy (non-hydrogen) atoms. The van der Waals surface area contributed by atoms with E-state index < -0.39 is 0 Å². The van der Waals surface area contributed by atoms with E-state index >= 15 is 0 Å². The fraction of sp³-hybridized carbons (Fsp3) is 0.462. The second-order valence-corrected chi connectivity index (χ2v) is 4.24. The van der Waals surface area contributed by atoms with Crippen molar-refractivity contribution in [3.8, 4) is 0 Å². The number of benzene rings is 1. The number of ether oxygens (including phenoxy) is 1. The van der Waals surface area contributed by atoms with Crippen molar-refractivity contribution in [2.45, 2.75) is 33.2 Å². The fourth-order valence-corrected chi connectivity index (χ4v) is 1.41. The van der Waals surface area contributed by atoms with Crippen LogP contribution in [-0.4, -0.2) is 18.6 Å². The Morgan fingerprint density at radius 1 is 1.47 bits per heavy atom. The number of esters is 1. The number of nitrogens with one attached hydrogen (secondary N) is 1. The van der Waals surface area contributed by atoms with Crippen molar-refractivity contribution in [1.29, 1.82) is 0 Å². The Morgan fingerprint density at radius 3 is 2.71 bits per heavy atom. The van der Waals surface area contributed by atoms with Gasteiger partial charge in [-0.3, -0.25) is 0 Å². The largest absolute Gasteiger partial charge is 0.462 e. The molecule has 0 bridgehead atoms. The molecule has 94 valence electrons. The van der Waals surface area contributed by atoms with Crippen molar-refractivity contribution in [3.05, 3.63) is 23.8 Å². The molecule has 3 N–H and O–H groups in total. The molecule has 0 heterocycles. The van der Waals surface area contributed by atoms with Gasteiger partial charge >= 0.3 is 5.97 Å². The molecule has 0 aliphatic heterocycles. The van der Waals surface area contributed by atoms with Crippen LogP contribution in [0.25, 0.3) is 0 Å². The van der Waals surface area contributed by atoms with Crippen LogP contribution in [0.15, 0.2) is 18.2 Å². The van der Waals surface area contributed by atoms with Gasteiger partial charge in [0, 0.05) is 6.04 Å². The molecular weight excluding hydrogens is 216 g/mol. The van der Waals surface area contributed by atoms with Gasteiger partial charge < -0.3 is 15.8 Å². The van der Waals surface area contributed by atoms with E-state index in [0.717, 1.165) is 12.1 Å². The third kappa shape index (κ3) is 3.98. The van der Waals surface area contributed by atoms with Crippen molar-refractivity contribution in [2.75, 3.05) is 17.7 Å². The molecule has 0 saturated heterocycles. The van der Waals surface area contributed by atoms with Crippen LogP contribution in [0.3, 0.4) is 0 Å². The maximum atomic E-state index is 11.6. The number of rotatable bonds is 5. The van der Waals surface area contributed by atoms with E-state index in [2.05, 4.69) is 5.32 Å². The van der Waals surface area contributed by atoms with Crippen LogP contribution >= 0.6 is 0 Å². The highest BCUT2D eigenvalue weighted by atomic mass is 16.5. The molecule has 0 aromatic heterocycles. The molecule has 1 aromatic rings. The van der Waals surface area contributed by atoms with Crippen molar-refractivity contribution in [3.63, 3.8) is 0 Å². The first-order valence-electron chi connectivity index (χ1n) is 5.87. The summed E-state index contributed by atoms with van der Waals surface area (Å²) in [5.41, 5.74) is 7.76. The van der Waals surface area contributed by atoms with Crippen LogP contribution in [-0.2, 0) is 4.74 Å². The van der Waals surface area contributed by atoms with E-state index in [9.17, 15) is 4.79 Å². The lowest BCUT2D eigenvalue weighted by molar-refractivity contribution is 0.0505. The Bertz CT molecular complexity index is 389. The normalized spacial score (nSPS) is 10.4. The highest BCUT2D eigenvalue weighted by Gasteiger charge is 2.09. The van der Waals surface area contributed by atoms with E-state index in [1.54, 1.807) is 18.2 Å². The smallest absolute Gasteiger partial charge is 0.338 e. The predicted molar refractivity (Wildman–Crippen MR) is 70.2 cm³/mol. The number of hydrogen-bond acceptors (Lipinski definition) is 4. The van der Waals surface area contributed by atoms with Gasteiger partial charge in [-0.1, -0.05) is 6.92 Å². The van der Waals surface area contributed by atoms with E-state index in [0.29, 0.717) is 23.9 Å². The first-order chi connectivity index (χ1) is 8.04. The summed E-state index contributed by atoms with van der Waals surface area (Å²) in [5.74, 6) is -0.324. The lowest BCUT2D eigenvalue weighted by Crippen LogP contribution is -2.12. The topological polar surface area (TPSA) is 64.3 Å². The Hall–Kier alpha value is -1.71. The summed E-state index contributed by atoms with van der Waals surface area (Å²) < 4.78 is 5.04. The molecule has 0 amide bonds. The summed E-state index contributed by atoms with van der Waals surface area (Å²) >= 11 is 0. The second kappa shape index (κ2) is 6.13. The Kier molecular flexibility index (Phi) is 4.82. The molecule has 0 spiro atoms. The van der Waals surface area contributed by atoms with Crippen LogP contribution < -0.4 is 11.1 Å². The van der Waals surface area contributed by atoms with Crippen molar-refractivity contribution in [1.82, 2.24) is 0 Å². The minimum Gasteiger partial charge on any atom is -0.462 e. The third-order valence-electron chi connectivity index (χ3n) is 2.17. The number of carbonyl (C=O) groups excluding carboxylic acids is 1. The Balaban J connectivity index is 2.77. The van der Waals surface area contributed by atoms with Gasteiger partial charge in [0.1, 0.15) is 0 Å². The highest BCUT2D eigenvalue weighted by molar-refractivity contribution is 5.91. The van der Waals surface area contributed by atoms with Gasteiger partial charge in [0.15, 0.2) is 0 Å². The maximum Gasteiger partial charge on any atom is 0.338 e. The molecule has 0 saturated carbocycles. The molecule has 0 unspecified atom stereocenters. The Morgan fingerprint density at radius 2 is 2.18 bits per heavy atom. The molecule has 0 fully saturated rings. The van der Waals surface area contributed by atoms with Crippen molar-refractivity contribution in [2.24, 2.45) is 0 Å². The first-order valence-corrected chi connectivity index (χ1v) is 5.87. The second-order valence-electron chi connectivity index (χ2n) is 4.24. The molecule has 1 rings (SSSR count). The standard InChI is InChI=1S/C13H20N2O2/c1-4-7-17-13(16)10-5-6-12(11(14)8-10)15-9(2)3/h5-6,8-9,15H,4,7,14H2,1-3H3. The highest BCUT2D eigenvalue weighted by Crippen LogP contribution is 2.21. The monoisotopic (exact) mass is 236 g/mol. The average Bonchev–Trinajstić information content (AvgIpc) is 2.28. The summed E-state index contributed by atoms with van der Waals surface area (Å²) in [6.07, 6.45) is 0.814. The quantitative estimate of drug-likeness (QED) is 0.609. The number of hydrogen-bond donors (Lipinski definition) is 2. The van der Waals surface area contributed by atoms with Gasteiger partial charge in [-0.2, -0.15) is 0 Å². The van der Waals surface area contributed by atoms with E-state index in [4.69, 9.17) is 10.5 Å². The molecule has 1 aromatic carbocycles. The van der Waals surface area contributed by atoms with Gasteiger partial charge in [0.25, 0.3) is 0 Å². The zero-order chi connectivity index (χ0) is 12.8. The van der Waals surface area contributed by atoms with Gasteiger partial charge in [-0.25, -0.2) is 4.79 Å². The van der Waals surface area contributed by atoms with Crippen LogP contribution in [0.5, 0.6) is 0 Å². The molecule has 4 heteroatoms. The van der Waals surface area contributed by atoms with Gasteiger partial charge in [-0.15, -0.1) is 0 Å². The Labute approximate surface area is 102 Å². The van der Waals surface area contributed by atoms with E-state index in [-0.39, 0.29) is 5.97 Å². The van der Waals surface area contributed by atoms with Crippen molar-refractivity contribution < 1.29 is 9.53 Å². The van der Waals surface area contributed by atoms with Crippen LogP contribution in [0.1, 0.15) is 37.6 Å². The predicted octanol–water partition coefficient (Wildman–Crippen LogP) is 2.66. The summed E-state index contributed by atoms with van der Waals surface area (Å²) in [6, 6.07) is 5.47. The summed E-state index contributed by atoms with van der Waals surface area (Å²) in [6.45, 7) is 6.45. The zero-order valence-corrected chi connectivity index (χ0v) is 10.6. The molecule has 0 atom stereocenters. The molecule has 4 nitrogen and oxygen atoms in total. The molecule has 0 aliphatic carbocycles. The van der Waals surface area contributed by atoms with Gasteiger partial charge in [0.2, 0.25) is 0 Å². The lowest BCUT2D eigenvalue weighted by atomic mass is 10.1. The minimum atomic E-state index is -0.324. The third-order valence-corrected chi connectivity index (χ3v) is 2.17. The summed E-state index contributed by atoms with van der Waals surface area (Å²) in [7, 11) is 0. The van der Waals surface area contributed by atoms with Crippen LogP contribution in [0.4, 0.5) is 11.4 Å². The average molecular weight is 236 g/mol. The fourth-order valence-electron chi connectivity index (χ4n) is 1.41. The summed E-state index contributed by atoms with van der Waals surface area (Å²) in [4.78, 5) is 11.6. The van der Waals surface area contributed by atoms with E-state index in [1.807, 2.05) is 20.8 Å². The van der Waals surface area contributed by atoms with Crippen molar-refractivity contribution >= 4 is 17.3 Å². The van der Waals surface area contributed by atoms with E-state index in [1.165, 1.54) is 0 Å². The first kappa shape index (κ1) is 13.4. The number of carbonyl (C=O) groups is 1. The van der Waals surface area contributed by atoms with Gasteiger partial charge in [0.05, 0.1) is 23.5 Å². The molecular formula is C13H20N2O2. The minimum absolute atomic E-state index is 0.301. The number of anilines is 2. The van der Waals surface area contributed by atoms with Crippen LogP contribution in [0.2, 0.25) is 0 Å². The SMILES string of the molecule is CCCOC(=O)c1ccc(NC(C)C)c(N)c1. The molecule has 0 aliphatic rings. The maximum absolute atomic E-state index is 11.6. The zero-order valence-electron chi connectivity index (χ0n) is 10.6. The van der Waals surface area contributed by atoms with Gasteiger partial charge in [-0.05, 0) is 38.5 Å². The molecule has 0 radical (unpaired) electrons. The summed E-state index contributed by atoms with van der Waals surface area (Å²) in [5, 5.41) is 3.21. The number of nitrogens with two attached hydrogens (primary N) is 1. The number of nitrogen functional groups attached to an aromatic ring is 1.